The first-order valence-electron chi connectivity index (χ1n) is 7.88. The highest BCUT2D eigenvalue weighted by Gasteiger charge is 2.59. The molecular weight excluding hydrogens is 292 g/mol. The summed E-state index contributed by atoms with van der Waals surface area (Å²) in [7, 11) is 0. The number of fused-ring (bicyclic) bond motifs is 1. The third kappa shape index (κ3) is 2.99. The molecule has 1 aliphatic carbocycles. The number of hydrogen-bond donors (Lipinski definition) is 2. The molecule has 122 valence electrons. The number of rotatable bonds is 4. The first kappa shape index (κ1) is 15.7. The van der Waals surface area contributed by atoms with Crippen LogP contribution in [0.25, 0.3) is 0 Å². The Hall–Kier alpha value is -2.19. The van der Waals surface area contributed by atoms with Gasteiger partial charge in [-0.25, -0.2) is 4.79 Å². The molecule has 5 heteroatoms. The topological polar surface area (TPSA) is 59.6 Å². The number of terminal acetylenes is 1. The van der Waals surface area contributed by atoms with Crippen LogP contribution in [0, 0.1) is 23.7 Å². The molecule has 0 unspecified atom stereocenters. The highest BCUT2D eigenvalue weighted by Crippen LogP contribution is 2.52. The number of nitrogens with one attached hydrogen (secondary N) is 2. The monoisotopic (exact) mass is 314 g/mol. The molecule has 1 saturated heterocycles. The van der Waals surface area contributed by atoms with Crippen LogP contribution >= 0.6 is 0 Å². The van der Waals surface area contributed by atoms with Crippen molar-refractivity contribution in [3.8, 4) is 18.1 Å². The smallest absolute Gasteiger partial charge is 0.319 e. The molecule has 1 aromatic carbocycles. The lowest BCUT2D eigenvalue weighted by Crippen LogP contribution is -2.67. The SMILES string of the molecule is C#CCOc1ccc(NC(=O)N[C@@H]2[C@H]3CCO[C@@H]3C2(C)C)cc1. The van der Waals surface area contributed by atoms with Gasteiger partial charge in [-0.15, -0.1) is 6.42 Å². The third-order valence-electron chi connectivity index (χ3n) is 4.82. The molecule has 2 N–H and O–H groups in total. The second-order valence-electron chi connectivity index (χ2n) is 6.66. The Balaban J connectivity index is 1.54. The van der Waals surface area contributed by atoms with Gasteiger partial charge in [0.1, 0.15) is 12.4 Å². The van der Waals surface area contributed by atoms with Crippen molar-refractivity contribution in [2.75, 3.05) is 18.5 Å². The van der Waals surface area contributed by atoms with Crippen LogP contribution in [0.3, 0.4) is 0 Å². The van der Waals surface area contributed by atoms with Crippen LogP contribution in [0.5, 0.6) is 5.75 Å². The van der Waals surface area contributed by atoms with Crippen LogP contribution in [0.15, 0.2) is 24.3 Å². The predicted octanol–water partition coefficient (Wildman–Crippen LogP) is 2.63. The second-order valence-corrected chi connectivity index (χ2v) is 6.66. The Morgan fingerprint density at radius 2 is 2.17 bits per heavy atom. The zero-order chi connectivity index (χ0) is 16.4. The molecular formula is C18H22N2O3. The molecule has 1 aliphatic heterocycles. The average Bonchev–Trinajstić information content (AvgIpc) is 2.99. The van der Waals surface area contributed by atoms with Gasteiger partial charge in [-0.3, -0.25) is 0 Å². The van der Waals surface area contributed by atoms with Gasteiger partial charge < -0.3 is 20.1 Å². The van der Waals surface area contributed by atoms with Crippen LogP contribution in [-0.4, -0.2) is 31.4 Å². The van der Waals surface area contributed by atoms with E-state index in [0.29, 0.717) is 17.4 Å². The molecule has 1 aromatic rings. The summed E-state index contributed by atoms with van der Waals surface area (Å²) < 4.78 is 11.0. The largest absolute Gasteiger partial charge is 0.481 e. The quantitative estimate of drug-likeness (QED) is 0.840. The summed E-state index contributed by atoms with van der Waals surface area (Å²) >= 11 is 0. The first-order valence-corrected chi connectivity index (χ1v) is 7.88. The van der Waals surface area contributed by atoms with Gasteiger partial charge in [0, 0.05) is 29.7 Å². The van der Waals surface area contributed by atoms with E-state index in [-0.39, 0.29) is 30.2 Å². The van der Waals surface area contributed by atoms with E-state index in [0.717, 1.165) is 13.0 Å². The van der Waals surface area contributed by atoms with Gasteiger partial charge in [0.2, 0.25) is 0 Å². The molecule has 2 amide bonds. The van der Waals surface area contributed by atoms with Crippen molar-refractivity contribution in [2.45, 2.75) is 32.4 Å². The van der Waals surface area contributed by atoms with E-state index in [1.807, 2.05) is 0 Å². The molecule has 23 heavy (non-hydrogen) atoms. The van der Waals surface area contributed by atoms with Crippen molar-refractivity contribution < 1.29 is 14.3 Å². The Kier molecular flexibility index (Phi) is 4.18. The fraction of sp³-hybridized carbons (Fsp3) is 0.500. The van der Waals surface area contributed by atoms with Gasteiger partial charge in [-0.2, -0.15) is 0 Å². The maximum absolute atomic E-state index is 12.2. The van der Waals surface area contributed by atoms with Gasteiger partial charge in [-0.1, -0.05) is 19.8 Å². The molecule has 1 heterocycles. The van der Waals surface area contributed by atoms with E-state index in [9.17, 15) is 4.79 Å². The Bertz CT molecular complexity index is 618. The van der Waals surface area contributed by atoms with Crippen molar-refractivity contribution in [3.05, 3.63) is 24.3 Å². The lowest BCUT2D eigenvalue weighted by molar-refractivity contribution is -0.107. The molecule has 1 saturated carbocycles. The van der Waals surface area contributed by atoms with E-state index in [2.05, 4.69) is 30.4 Å². The zero-order valence-corrected chi connectivity index (χ0v) is 13.5. The second kappa shape index (κ2) is 6.13. The molecule has 2 aliphatic rings. The van der Waals surface area contributed by atoms with Crippen molar-refractivity contribution in [1.82, 2.24) is 5.32 Å². The van der Waals surface area contributed by atoms with Crippen LogP contribution in [0.2, 0.25) is 0 Å². The van der Waals surface area contributed by atoms with Crippen molar-refractivity contribution >= 4 is 11.7 Å². The van der Waals surface area contributed by atoms with E-state index < -0.39 is 0 Å². The van der Waals surface area contributed by atoms with Gasteiger partial charge >= 0.3 is 6.03 Å². The number of ether oxygens (including phenoxy) is 2. The summed E-state index contributed by atoms with van der Waals surface area (Å²) in [6.45, 7) is 5.30. The maximum Gasteiger partial charge on any atom is 0.319 e. The molecule has 0 bridgehead atoms. The van der Waals surface area contributed by atoms with E-state index >= 15 is 0 Å². The van der Waals surface area contributed by atoms with Gasteiger partial charge in [0.05, 0.1) is 6.10 Å². The van der Waals surface area contributed by atoms with Crippen LogP contribution in [-0.2, 0) is 4.74 Å². The predicted molar refractivity (Wildman–Crippen MR) is 88.3 cm³/mol. The van der Waals surface area contributed by atoms with Gasteiger partial charge in [0.25, 0.3) is 0 Å². The standard InChI is InChI=1S/C18H22N2O3/c1-4-10-22-13-7-5-12(6-8-13)19-17(21)20-15-14-9-11-23-16(14)18(15,2)3/h1,5-8,14-16H,9-11H2,2-3H3,(H2,19,20,21)/t14-,15-,16+/m1/s1. The molecule has 0 radical (unpaired) electrons. The fourth-order valence-electron chi connectivity index (χ4n) is 3.69. The Morgan fingerprint density at radius 1 is 1.43 bits per heavy atom. The van der Waals surface area contributed by atoms with Crippen LogP contribution in [0.4, 0.5) is 10.5 Å². The average molecular weight is 314 g/mol. The number of amides is 2. The fourth-order valence-corrected chi connectivity index (χ4v) is 3.69. The van der Waals surface area contributed by atoms with E-state index in [1.165, 1.54) is 0 Å². The number of carbonyl (C=O) groups excluding carboxylic acids is 1. The van der Waals surface area contributed by atoms with Gasteiger partial charge in [-0.05, 0) is 30.7 Å². The summed E-state index contributed by atoms with van der Waals surface area (Å²) in [6.07, 6.45) is 6.43. The number of hydrogen-bond acceptors (Lipinski definition) is 3. The number of anilines is 1. The molecule has 0 aromatic heterocycles. The number of carbonyl (C=O) groups is 1. The minimum Gasteiger partial charge on any atom is -0.481 e. The molecule has 5 nitrogen and oxygen atoms in total. The molecule has 3 atom stereocenters. The summed E-state index contributed by atoms with van der Waals surface area (Å²) in [4.78, 5) is 12.2. The Morgan fingerprint density at radius 3 is 2.87 bits per heavy atom. The maximum atomic E-state index is 12.2. The Labute approximate surface area is 136 Å². The highest BCUT2D eigenvalue weighted by atomic mass is 16.5. The third-order valence-corrected chi connectivity index (χ3v) is 4.82. The summed E-state index contributed by atoms with van der Waals surface area (Å²) in [5.74, 6) is 3.52. The summed E-state index contributed by atoms with van der Waals surface area (Å²) in [6, 6.07) is 7.10. The van der Waals surface area contributed by atoms with E-state index in [1.54, 1.807) is 24.3 Å². The highest BCUT2D eigenvalue weighted by molar-refractivity contribution is 5.89. The lowest BCUT2D eigenvalue weighted by Gasteiger charge is -2.54. The van der Waals surface area contributed by atoms with Gasteiger partial charge in [0.15, 0.2) is 0 Å². The van der Waals surface area contributed by atoms with Crippen LogP contribution in [0.1, 0.15) is 20.3 Å². The van der Waals surface area contributed by atoms with Crippen molar-refractivity contribution in [3.63, 3.8) is 0 Å². The summed E-state index contributed by atoms with van der Waals surface area (Å²) in [5, 5.41) is 5.94. The minimum absolute atomic E-state index is 0.0224. The number of urea groups is 1. The minimum atomic E-state index is -0.189. The van der Waals surface area contributed by atoms with E-state index in [4.69, 9.17) is 15.9 Å². The lowest BCUT2D eigenvalue weighted by atomic mass is 9.57. The number of benzene rings is 1. The summed E-state index contributed by atoms with van der Waals surface area (Å²) in [5.41, 5.74) is 0.692. The van der Waals surface area contributed by atoms with Crippen molar-refractivity contribution in [2.24, 2.45) is 11.3 Å². The molecule has 3 rings (SSSR count). The normalized spacial score (nSPS) is 27.3. The zero-order valence-electron chi connectivity index (χ0n) is 13.5. The van der Waals surface area contributed by atoms with Crippen molar-refractivity contribution in [1.29, 1.82) is 0 Å². The molecule has 2 fully saturated rings. The first-order chi connectivity index (χ1) is 11.0. The van der Waals surface area contributed by atoms with Crippen LogP contribution < -0.4 is 15.4 Å². The molecule has 0 spiro atoms.